The lowest BCUT2D eigenvalue weighted by molar-refractivity contribution is -0.160. The summed E-state index contributed by atoms with van der Waals surface area (Å²) in [6.45, 7) is 13.6. The van der Waals surface area contributed by atoms with E-state index in [2.05, 4.69) is 30.9 Å². The average molecular weight is 557 g/mol. The molecule has 0 radical (unpaired) electrons. The van der Waals surface area contributed by atoms with Gasteiger partial charge in [0.2, 0.25) is 0 Å². The Morgan fingerprint density at radius 2 is 1.71 bits per heavy atom. The van der Waals surface area contributed by atoms with Crippen LogP contribution in [0.1, 0.15) is 64.8 Å². The average Bonchev–Trinajstić information content (AvgIpc) is 3.34. The number of hydrogen-bond acceptors (Lipinski definition) is 6. The van der Waals surface area contributed by atoms with Crippen LogP contribution in [0.25, 0.3) is 28.0 Å². The van der Waals surface area contributed by atoms with Crippen molar-refractivity contribution in [2.24, 2.45) is 5.41 Å². The second-order valence-corrected chi connectivity index (χ2v) is 12.6. The number of nitrogens with zero attached hydrogens (tertiary/aromatic N) is 4. The molecule has 0 spiro atoms. The van der Waals surface area contributed by atoms with Crippen LogP contribution >= 0.6 is 0 Å². The van der Waals surface area contributed by atoms with Crippen LogP contribution in [0, 0.1) is 12.3 Å². The van der Waals surface area contributed by atoms with Crippen LogP contribution in [0.4, 0.5) is 5.82 Å². The number of anilines is 1. The highest BCUT2D eigenvalue weighted by molar-refractivity contribution is 5.80. The fraction of sp³-hybridized carbons (Fsp3) is 0.424. The van der Waals surface area contributed by atoms with E-state index < -0.39 is 17.7 Å². The van der Waals surface area contributed by atoms with Crippen LogP contribution in [0.5, 0.6) is 5.75 Å². The molecule has 2 aromatic heterocycles. The highest BCUT2D eigenvalue weighted by Crippen LogP contribution is 2.39. The van der Waals surface area contributed by atoms with Gasteiger partial charge in [-0.1, -0.05) is 50.2 Å². The number of carbonyl (C=O) groups is 1. The van der Waals surface area contributed by atoms with Gasteiger partial charge >= 0.3 is 5.97 Å². The van der Waals surface area contributed by atoms with E-state index >= 15 is 0 Å². The molecule has 0 aliphatic carbocycles. The number of hydrogen-bond donors (Lipinski definition) is 1. The second-order valence-electron chi connectivity index (χ2n) is 12.6. The summed E-state index contributed by atoms with van der Waals surface area (Å²) in [5, 5.41) is 15.4. The van der Waals surface area contributed by atoms with Gasteiger partial charge in [0.15, 0.2) is 11.8 Å². The zero-order valence-electron chi connectivity index (χ0n) is 25.1. The minimum atomic E-state index is -1.18. The van der Waals surface area contributed by atoms with Crippen LogP contribution < -0.4 is 9.64 Å². The highest BCUT2D eigenvalue weighted by atomic mass is 16.5. The molecule has 1 atom stereocenters. The summed E-state index contributed by atoms with van der Waals surface area (Å²) >= 11 is 0. The molecule has 0 amide bonds. The van der Waals surface area contributed by atoms with Crippen LogP contribution in [-0.2, 0) is 9.53 Å². The van der Waals surface area contributed by atoms with E-state index in [1.165, 1.54) is 0 Å². The fourth-order valence-electron chi connectivity index (χ4n) is 5.51. The number of rotatable bonds is 7. The first-order valence-corrected chi connectivity index (χ1v) is 14.2. The molecule has 0 unspecified atom stereocenters. The van der Waals surface area contributed by atoms with E-state index in [1.807, 2.05) is 74.7 Å². The molecule has 1 N–H and O–H groups in total. The Balaban J connectivity index is 1.68. The number of carboxylic acid groups (broad SMARTS) is 1. The Hall–Kier alpha value is -3.91. The van der Waals surface area contributed by atoms with Crippen molar-refractivity contribution < 1.29 is 19.4 Å². The molecular formula is C33H40N4O4. The van der Waals surface area contributed by atoms with E-state index in [0.717, 1.165) is 59.9 Å². The summed E-state index contributed by atoms with van der Waals surface area (Å²) in [5.41, 5.74) is 5.11. The second kappa shape index (κ2) is 10.8. The van der Waals surface area contributed by atoms with Gasteiger partial charge in [0.05, 0.1) is 24.0 Å². The summed E-state index contributed by atoms with van der Waals surface area (Å²) < 4.78 is 13.6. The van der Waals surface area contributed by atoms with Crippen LogP contribution in [0.15, 0.2) is 54.6 Å². The number of ether oxygens (including phenoxy) is 2. The Bertz CT molecular complexity index is 1570. The monoisotopic (exact) mass is 556 g/mol. The fourth-order valence-corrected chi connectivity index (χ4v) is 5.51. The molecule has 216 valence electrons. The van der Waals surface area contributed by atoms with Crippen LogP contribution in [-0.4, -0.2) is 51.5 Å². The van der Waals surface area contributed by atoms with E-state index in [-0.39, 0.29) is 5.41 Å². The van der Waals surface area contributed by atoms with Gasteiger partial charge in [-0.25, -0.2) is 9.78 Å². The van der Waals surface area contributed by atoms with Crippen molar-refractivity contribution in [1.29, 1.82) is 0 Å². The molecule has 1 aliphatic rings. The smallest absolute Gasteiger partial charge is 0.337 e. The van der Waals surface area contributed by atoms with E-state index in [0.29, 0.717) is 16.9 Å². The number of fused-ring (bicyclic) bond motifs is 1. The van der Waals surface area contributed by atoms with Gasteiger partial charge in [0, 0.05) is 36.0 Å². The molecule has 0 bridgehead atoms. The largest absolute Gasteiger partial charge is 0.496 e. The molecule has 8 nitrogen and oxygen atoms in total. The van der Waals surface area contributed by atoms with Gasteiger partial charge < -0.3 is 19.5 Å². The molecule has 8 heteroatoms. The maximum absolute atomic E-state index is 12.6. The highest BCUT2D eigenvalue weighted by Gasteiger charge is 2.36. The first-order chi connectivity index (χ1) is 19.4. The SMILES string of the molecule is COc1ccccc1-c1cccc(-c2cc3nc(C)c([C@H](OC(C)(C)C)C(=O)O)c(N4CCC(C)(C)CC4)n3n2)c1. The third kappa shape index (κ3) is 5.93. The zero-order valence-corrected chi connectivity index (χ0v) is 25.1. The molecule has 1 saturated heterocycles. The summed E-state index contributed by atoms with van der Waals surface area (Å²) in [6.07, 6.45) is 0.795. The van der Waals surface area contributed by atoms with Crippen LogP contribution in [0.3, 0.4) is 0 Å². The maximum atomic E-state index is 12.6. The maximum Gasteiger partial charge on any atom is 0.337 e. The van der Waals surface area contributed by atoms with E-state index in [9.17, 15) is 9.90 Å². The van der Waals surface area contributed by atoms with E-state index in [4.69, 9.17) is 19.6 Å². The van der Waals surface area contributed by atoms with Crippen molar-refractivity contribution in [2.45, 2.75) is 66.1 Å². The lowest BCUT2D eigenvalue weighted by atomic mass is 9.82. The first kappa shape index (κ1) is 28.6. The van der Waals surface area contributed by atoms with Crippen molar-refractivity contribution >= 4 is 17.4 Å². The Morgan fingerprint density at radius 3 is 2.37 bits per heavy atom. The number of carboxylic acids is 1. The number of benzene rings is 2. The molecule has 5 rings (SSSR count). The minimum absolute atomic E-state index is 0.222. The summed E-state index contributed by atoms with van der Waals surface area (Å²) in [4.78, 5) is 19.8. The molecule has 0 saturated carbocycles. The van der Waals surface area contributed by atoms with Gasteiger partial charge in [-0.2, -0.15) is 9.61 Å². The number of piperidine rings is 1. The van der Waals surface area contributed by atoms with Crippen molar-refractivity contribution in [3.05, 3.63) is 65.9 Å². The predicted octanol–water partition coefficient (Wildman–Crippen LogP) is 6.95. The molecular weight excluding hydrogens is 516 g/mol. The topological polar surface area (TPSA) is 89.2 Å². The molecule has 1 aliphatic heterocycles. The third-order valence-electron chi connectivity index (χ3n) is 7.75. The summed E-state index contributed by atoms with van der Waals surface area (Å²) in [5.74, 6) is 0.502. The lowest BCUT2D eigenvalue weighted by Gasteiger charge is -2.39. The predicted molar refractivity (Wildman–Crippen MR) is 162 cm³/mol. The standard InChI is InChI=1S/C33H40N4O4/c1-21-28(29(31(38)39)41-32(2,3)4)30(36-17-15-33(5,6)16-18-36)37-27(34-21)20-25(35-37)23-12-10-11-22(19-23)24-13-8-9-14-26(24)40-7/h8-14,19-20,29H,15-18H2,1-7H3,(H,38,39)/t29-/m0/s1. The molecule has 3 heterocycles. The van der Waals surface area contributed by atoms with Crippen molar-refractivity contribution in [3.8, 4) is 28.1 Å². The van der Waals surface area contributed by atoms with Crippen LogP contribution in [0.2, 0.25) is 0 Å². The van der Waals surface area contributed by atoms with Crippen molar-refractivity contribution in [3.63, 3.8) is 0 Å². The normalized spacial score (nSPS) is 16.1. The van der Waals surface area contributed by atoms with Gasteiger partial charge in [0.25, 0.3) is 0 Å². The van der Waals surface area contributed by atoms with Gasteiger partial charge in [0.1, 0.15) is 11.6 Å². The Kier molecular flexibility index (Phi) is 7.55. The Morgan fingerprint density at radius 1 is 1.02 bits per heavy atom. The lowest BCUT2D eigenvalue weighted by Crippen LogP contribution is -2.40. The Labute approximate surface area is 241 Å². The quantitative estimate of drug-likeness (QED) is 0.264. The first-order valence-electron chi connectivity index (χ1n) is 14.2. The molecule has 2 aromatic carbocycles. The summed E-state index contributed by atoms with van der Waals surface area (Å²) in [6, 6.07) is 18.1. The number of aromatic nitrogens is 3. The van der Waals surface area contributed by atoms with Gasteiger partial charge in [-0.3, -0.25) is 0 Å². The zero-order chi connectivity index (χ0) is 29.5. The number of aliphatic carboxylic acids is 1. The number of aryl methyl sites for hydroxylation is 1. The van der Waals surface area contributed by atoms with Crippen molar-refractivity contribution in [2.75, 3.05) is 25.1 Å². The molecule has 41 heavy (non-hydrogen) atoms. The molecule has 1 fully saturated rings. The number of methoxy groups -OCH3 is 1. The summed E-state index contributed by atoms with van der Waals surface area (Å²) in [7, 11) is 1.67. The third-order valence-corrected chi connectivity index (χ3v) is 7.75. The minimum Gasteiger partial charge on any atom is -0.496 e. The number of para-hydroxylation sites is 1. The van der Waals surface area contributed by atoms with Crippen molar-refractivity contribution in [1.82, 2.24) is 14.6 Å². The van der Waals surface area contributed by atoms with E-state index in [1.54, 1.807) is 7.11 Å². The van der Waals surface area contributed by atoms with Gasteiger partial charge in [-0.05, 0) is 63.6 Å². The van der Waals surface area contributed by atoms with Gasteiger partial charge in [-0.15, -0.1) is 0 Å². The molecule has 4 aromatic rings.